The second kappa shape index (κ2) is 10.5. The van der Waals surface area contributed by atoms with Gasteiger partial charge in [0.1, 0.15) is 10.8 Å². The van der Waals surface area contributed by atoms with Crippen LogP contribution in [0.25, 0.3) is 0 Å². The number of hydroxylamine groups is 1. The minimum atomic E-state index is -0.725. The van der Waals surface area contributed by atoms with Crippen LogP contribution < -0.4 is 16.4 Å². The topological polar surface area (TPSA) is 92.6 Å². The highest BCUT2D eigenvalue weighted by atomic mass is 79.9. The number of nitrogens with zero attached hydrogens (tertiary/aromatic N) is 1. The summed E-state index contributed by atoms with van der Waals surface area (Å²) >= 11 is 9.49. The van der Waals surface area contributed by atoms with Crippen LogP contribution in [0.1, 0.15) is 15.9 Å². The molecule has 3 N–H and O–H groups in total. The zero-order chi connectivity index (χ0) is 22.4. The van der Waals surface area contributed by atoms with Crippen molar-refractivity contribution < 1.29 is 19.1 Å². The van der Waals surface area contributed by atoms with Crippen LogP contribution in [0.5, 0.6) is 0 Å². The molecule has 0 radical (unpaired) electrons. The van der Waals surface area contributed by atoms with Crippen LogP contribution in [0, 0.1) is 5.82 Å². The Morgan fingerprint density at radius 1 is 1.23 bits per heavy atom. The van der Waals surface area contributed by atoms with Gasteiger partial charge in [0.25, 0.3) is 11.5 Å². The highest BCUT2D eigenvalue weighted by Crippen LogP contribution is 2.29. The molecule has 1 aromatic heterocycles. The normalized spacial score (nSPS) is 10.7. The zero-order valence-corrected chi connectivity index (χ0v) is 18.4. The molecule has 1 heterocycles. The summed E-state index contributed by atoms with van der Waals surface area (Å²) in [5.74, 6) is -1.33. The molecule has 1 amide bonds. The molecular weight excluding hydrogens is 493 g/mol. The van der Waals surface area contributed by atoms with E-state index in [0.717, 1.165) is 5.56 Å². The van der Waals surface area contributed by atoms with E-state index < -0.39 is 17.3 Å². The molecule has 3 rings (SSSR count). The molecule has 0 aliphatic heterocycles. The predicted octanol–water partition coefficient (Wildman–Crippen LogP) is 3.85. The first kappa shape index (κ1) is 23.0. The number of amides is 1. The Balaban J connectivity index is 2.05. The van der Waals surface area contributed by atoms with Crippen molar-refractivity contribution in [3.8, 4) is 0 Å². The molecule has 0 aliphatic carbocycles. The van der Waals surface area contributed by atoms with E-state index in [9.17, 15) is 14.0 Å². The van der Waals surface area contributed by atoms with Crippen molar-refractivity contribution in [2.24, 2.45) is 0 Å². The van der Waals surface area contributed by atoms with Gasteiger partial charge < -0.3 is 15.0 Å². The largest absolute Gasteiger partial charge is 0.394 e. The van der Waals surface area contributed by atoms with Gasteiger partial charge in [-0.3, -0.25) is 14.4 Å². The molecule has 0 saturated carbocycles. The quantitative estimate of drug-likeness (QED) is 0.316. The lowest BCUT2D eigenvalue weighted by Gasteiger charge is -2.17. The molecule has 10 heteroatoms. The Labute approximate surface area is 190 Å². The molecule has 0 aliphatic rings. The van der Waals surface area contributed by atoms with Crippen molar-refractivity contribution in [3.63, 3.8) is 0 Å². The predicted molar refractivity (Wildman–Crippen MR) is 119 cm³/mol. The number of rotatable bonds is 8. The van der Waals surface area contributed by atoms with E-state index in [1.54, 1.807) is 6.07 Å². The van der Waals surface area contributed by atoms with Crippen LogP contribution in [0.4, 0.5) is 15.8 Å². The van der Waals surface area contributed by atoms with E-state index in [0.29, 0.717) is 4.47 Å². The first-order valence-electron chi connectivity index (χ1n) is 9.12. The first-order valence-corrected chi connectivity index (χ1v) is 10.3. The summed E-state index contributed by atoms with van der Waals surface area (Å²) in [6.45, 7) is -0.263. The Morgan fingerprint density at radius 2 is 1.97 bits per heavy atom. The fourth-order valence-corrected chi connectivity index (χ4v) is 3.36. The molecule has 0 atom stereocenters. The molecule has 2 aromatic carbocycles. The van der Waals surface area contributed by atoms with Gasteiger partial charge in [0, 0.05) is 10.7 Å². The van der Waals surface area contributed by atoms with Gasteiger partial charge in [-0.15, -0.1) is 0 Å². The third-order valence-corrected chi connectivity index (χ3v) is 5.06. The summed E-state index contributed by atoms with van der Waals surface area (Å²) in [4.78, 5) is 30.4. The van der Waals surface area contributed by atoms with Gasteiger partial charge in [-0.25, -0.2) is 9.87 Å². The third kappa shape index (κ3) is 5.71. The van der Waals surface area contributed by atoms with E-state index in [4.69, 9.17) is 21.5 Å². The van der Waals surface area contributed by atoms with Crippen LogP contribution in [0.2, 0.25) is 5.02 Å². The number of benzene rings is 2. The number of hydrogen-bond acceptors (Lipinski definition) is 5. The SMILES string of the molecule is O=C(NOCCO)c1cn(Cc2ccccc2)c(=O)c(Cl)c1Nc1ccc(Br)cc1F. The van der Waals surface area contributed by atoms with Crippen molar-refractivity contribution in [2.75, 3.05) is 18.5 Å². The summed E-state index contributed by atoms with van der Waals surface area (Å²) < 4.78 is 16.1. The van der Waals surface area contributed by atoms with Crippen LogP contribution in [-0.2, 0) is 11.4 Å². The van der Waals surface area contributed by atoms with Gasteiger partial charge in [-0.2, -0.15) is 0 Å². The number of aliphatic hydroxyl groups excluding tert-OH is 1. The maximum Gasteiger partial charge on any atom is 0.278 e. The number of aromatic nitrogens is 1. The minimum Gasteiger partial charge on any atom is -0.394 e. The summed E-state index contributed by atoms with van der Waals surface area (Å²) in [5.41, 5.74) is 2.35. The molecular formula is C21H18BrClFN3O4. The fraction of sp³-hybridized carbons (Fsp3) is 0.143. The average molecular weight is 511 g/mol. The summed E-state index contributed by atoms with van der Waals surface area (Å²) in [6, 6.07) is 13.4. The average Bonchev–Trinajstić information content (AvgIpc) is 2.75. The summed E-state index contributed by atoms with van der Waals surface area (Å²) in [7, 11) is 0. The first-order chi connectivity index (χ1) is 14.9. The Morgan fingerprint density at radius 3 is 2.65 bits per heavy atom. The van der Waals surface area contributed by atoms with Gasteiger partial charge >= 0.3 is 0 Å². The molecule has 0 bridgehead atoms. The van der Waals surface area contributed by atoms with Crippen molar-refractivity contribution in [3.05, 3.63) is 91.5 Å². The second-order valence-corrected chi connectivity index (χ2v) is 7.70. The van der Waals surface area contributed by atoms with Crippen LogP contribution >= 0.6 is 27.5 Å². The fourth-order valence-electron chi connectivity index (χ4n) is 2.76. The molecule has 31 heavy (non-hydrogen) atoms. The van der Waals surface area contributed by atoms with E-state index in [-0.39, 0.29) is 41.7 Å². The monoisotopic (exact) mass is 509 g/mol. The Hall–Kier alpha value is -2.72. The molecule has 3 aromatic rings. The maximum atomic E-state index is 14.3. The van der Waals surface area contributed by atoms with E-state index >= 15 is 0 Å². The van der Waals surface area contributed by atoms with Crippen molar-refractivity contribution in [1.82, 2.24) is 10.0 Å². The standard InChI is InChI=1S/C21H18BrClFN3O4/c22-14-6-7-17(16(24)10-14)25-19-15(20(29)26-31-9-8-28)12-27(21(30)18(19)23)11-13-4-2-1-3-5-13/h1-7,10,12,25,28H,8-9,11H2,(H,26,29). The summed E-state index contributed by atoms with van der Waals surface area (Å²) in [6.07, 6.45) is 1.32. The number of anilines is 2. The number of nitrogens with one attached hydrogen (secondary N) is 2. The second-order valence-electron chi connectivity index (χ2n) is 6.40. The lowest BCUT2D eigenvalue weighted by atomic mass is 10.1. The van der Waals surface area contributed by atoms with Crippen LogP contribution in [0.3, 0.4) is 0 Å². The molecule has 0 saturated heterocycles. The highest BCUT2D eigenvalue weighted by Gasteiger charge is 2.21. The Bertz CT molecular complexity index is 1140. The third-order valence-electron chi connectivity index (χ3n) is 4.21. The van der Waals surface area contributed by atoms with Crippen molar-refractivity contribution in [2.45, 2.75) is 6.54 Å². The van der Waals surface area contributed by atoms with Crippen molar-refractivity contribution in [1.29, 1.82) is 0 Å². The number of pyridine rings is 1. The number of carbonyl (C=O) groups is 1. The van der Waals surface area contributed by atoms with E-state index in [1.807, 2.05) is 30.3 Å². The van der Waals surface area contributed by atoms with Crippen LogP contribution in [0.15, 0.2) is 64.0 Å². The van der Waals surface area contributed by atoms with Gasteiger partial charge in [-0.05, 0) is 23.8 Å². The van der Waals surface area contributed by atoms with Gasteiger partial charge in [0.2, 0.25) is 0 Å². The number of hydrogen-bond donors (Lipinski definition) is 3. The van der Waals surface area contributed by atoms with Gasteiger partial charge in [0.15, 0.2) is 0 Å². The van der Waals surface area contributed by atoms with E-state index in [1.165, 1.54) is 22.9 Å². The highest BCUT2D eigenvalue weighted by molar-refractivity contribution is 9.10. The Kier molecular flexibility index (Phi) is 7.80. The van der Waals surface area contributed by atoms with Gasteiger partial charge in [0.05, 0.1) is 36.7 Å². The number of halogens is 3. The number of aliphatic hydroxyl groups is 1. The zero-order valence-electron chi connectivity index (χ0n) is 16.1. The van der Waals surface area contributed by atoms with E-state index in [2.05, 4.69) is 26.7 Å². The van der Waals surface area contributed by atoms with Crippen molar-refractivity contribution >= 4 is 44.8 Å². The minimum absolute atomic E-state index is 0.0237. The number of carbonyl (C=O) groups excluding carboxylic acids is 1. The smallest absolute Gasteiger partial charge is 0.278 e. The molecule has 0 unspecified atom stereocenters. The molecule has 162 valence electrons. The lowest BCUT2D eigenvalue weighted by Crippen LogP contribution is -2.30. The van der Waals surface area contributed by atoms with Crippen LogP contribution in [-0.4, -0.2) is 28.8 Å². The molecule has 7 nitrogen and oxygen atoms in total. The maximum absolute atomic E-state index is 14.3. The summed E-state index contributed by atoms with van der Waals surface area (Å²) in [5, 5.41) is 11.3. The molecule has 0 spiro atoms. The molecule has 0 fully saturated rings. The lowest BCUT2D eigenvalue weighted by molar-refractivity contribution is 0.0168. The van der Waals surface area contributed by atoms with Gasteiger partial charge in [-0.1, -0.05) is 57.9 Å².